The molecule has 0 bridgehead atoms. The molecule has 0 spiro atoms. The maximum absolute atomic E-state index is 5.69. The monoisotopic (exact) mass is 252 g/mol. The number of hydrogen-bond acceptors (Lipinski definition) is 6. The van der Waals surface area contributed by atoms with Crippen molar-refractivity contribution in [2.45, 2.75) is 27.7 Å². The number of nitrogens with one attached hydrogen (secondary N) is 1. The topological polar surface area (TPSA) is 93.1 Å². The number of aromatic nitrogens is 2. The fourth-order valence-electron chi connectivity index (χ4n) is 1.83. The quantitative estimate of drug-likeness (QED) is 0.524. The molecule has 5 N–H and O–H groups in total. The van der Waals surface area contributed by atoms with E-state index < -0.39 is 0 Å². The van der Waals surface area contributed by atoms with Crippen molar-refractivity contribution >= 4 is 17.6 Å². The summed E-state index contributed by atoms with van der Waals surface area (Å²) >= 11 is 0. The third kappa shape index (κ3) is 4.37. The molecule has 1 aromatic heterocycles. The molecule has 0 aliphatic heterocycles. The van der Waals surface area contributed by atoms with Crippen molar-refractivity contribution in [3.63, 3.8) is 0 Å². The Kier molecular flexibility index (Phi) is 5.15. The van der Waals surface area contributed by atoms with Gasteiger partial charge in [-0.1, -0.05) is 27.7 Å². The van der Waals surface area contributed by atoms with Crippen LogP contribution in [-0.4, -0.2) is 23.1 Å². The van der Waals surface area contributed by atoms with E-state index in [1.165, 1.54) is 0 Å². The summed E-state index contributed by atoms with van der Waals surface area (Å²) in [5, 5.41) is 0. The lowest BCUT2D eigenvalue weighted by Gasteiger charge is -2.27. The van der Waals surface area contributed by atoms with Crippen LogP contribution in [0.25, 0.3) is 0 Å². The molecule has 0 aliphatic rings. The predicted octanol–water partition coefficient (Wildman–Crippen LogP) is 1.46. The number of hydrogen-bond donors (Lipinski definition) is 3. The van der Waals surface area contributed by atoms with Gasteiger partial charge in [-0.2, -0.15) is 9.97 Å². The van der Waals surface area contributed by atoms with Crippen LogP contribution >= 0.6 is 0 Å². The van der Waals surface area contributed by atoms with Gasteiger partial charge in [0.25, 0.3) is 0 Å². The normalized spacial score (nSPS) is 11.1. The molecule has 0 radical (unpaired) electrons. The van der Waals surface area contributed by atoms with Gasteiger partial charge >= 0.3 is 0 Å². The molecule has 0 atom stereocenters. The molecule has 18 heavy (non-hydrogen) atoms. The van der Waals surface area contributed by atoms with E-state index in [0.29, 0.717) is 17.7 Å². The average molecular weight is 252 g/mol. The molecule has 0 aromatic carbocycles. The summed E-state index contributed by atoms with van der Waals surface area (Å²) in [6.45, 7) is 10.6. The van der Waals surface area contributed by atoms with Crippen molar-refractivity contribution in [1.29, 1.82) is 0 Å². The van der Waals surface area contributed by atoms with E-state index in [-0.39, 0.29) is 5.95 Å². The highest BCUT2D eigenvalue weighted by molar-refractivity contribution is 5.52. The fourth-order valence-corrected chi connectivity index (χ4v) is 1.83. The lowest BCUT2D eigenvalue weighted by molar-refractivity contribution is 0.549. The van der Waals surface area contributed by atoms with Crippen LogP contribution in [0.4, 0.5) is 17.6 Å². The van der Waals surface area contributed by atoms with Gasteiger partial charge in [-0.3, -0.25) is 0 Å². The van der Waals surface area contributed by atoms with Gasteiger partial charge in [0.1, 0.15) is 11.6 Å². The lowest BCUT2D eigenvalue weighted by atomic mass is 10.1. The Bertz CT molecular complexity index is 367. The van der Waals surface area contributed by atoms with Crippen LogP contribution < -0.4 is 21.9 Å². The van der Waals surface area contributed by atoms with Crippen molar-refractivity contribution in [2.75, 3.05) is 29.1 Å². The van der Waals surface area contributed by atoms with Crippen molar-refractivity contribution in [1.82, 2.24) is 9.97 Å². The largest absolute Gasteiger partial charge is 0.368 e. The zero-order chi connectivity index (χ0) is 13.7. The summed E-state index contributed by atoms with van der Waals surface area (Å²) in [7, 11) is 0. The van der Waals surface area contributed by atoms with E-state index in [0.717, 1.165) is 18.9 Å². The summed E-state index contributed by atoms with van der Waals surface area (Å²) in [6.07, 6.45) is 0. The number of rotatable bonds is 6. The van der Waals surface area contributed by atoms with Crippen molar-refractivity contribution < 1.29 is 0 Å². The Morgan fingerprint density at radius 1 is 1.17 bits per heavy atom. The van der Waals surface area contributed by atoms with Crippen molar-refractivity contribution in [3.8, 4) is 0 Å². The Morgan fingerprint density at radius 3 is 2.17 bits per heavy atom. The summed E-state index contributed by atoms with van der Waals surface area (Å²) in [5.74, 6) is 8.07. The number of nitrogen functional groups attached to an aromatic ring is 2. The molecule has 0 aliphatic carbocycles. The second kappa shape index (κ2) is 6.39. The first-order valence-electron chi connectivity index (χ1n) is 6.28. The number of anilines is 3. The van der Waals surface area contributed by atoms with E-state index in [4.69, 9.17) is 11.6 Å². The van der Waals surface area contributed by atoms with Crippen LogP contribution in [0.5, 0.6) is 0 Å². The van der Waals surface area contributed by atoms with E-state index in [1.807, 2.05) is 6.07 Å². The summed E-state index contributed by atoms with van der Waals surface area (Å²) < 4.78 is 0. The fraction of sp³-hybridized carbons (Fsp3) is 0.667. The maximum Gasteiger partial charge on any atom is 0.223 e. The van der Waals surface area contributed by atoms with Gasteiger partial charge in [-0.15, -0.1) is 0 Å². The molecule has 0 saturated carbocycles. The standard InChI is InChI=1S/C12H24N6/c1-8(2)6-18(7-9(3)4)11-5-10(17-14)15-12(13)16-11/h5,8-9H,6-7,14H2,1-4H3,(H3,13,15,16,17). The highest BCUT2D eigenvalue weighted by Gasteiger charge is 2.13. The number of hydrazine groups is 1. The molecule has 0 unspecified atom stereocenters. The second-order valence-electron chi connectivity index (χ2n) is 5.31. The first-order chi connectivity index (χ1) is 8.42. The zero-order valence-corrected chi connectivity index (χ0v) is 11.6. The summed E-state index contributed by atoms with van der Waals surface area (Å²) in [4.78, 5) is 10.5. The Hall–Kier alpha value is -1.56. The number of nitrogens with zero attached hydrogens (tertiary/aromatic N) is 3. The molecule has 1 heterocycles. The molecular weight excluding hydrogens is 228 g/mol. The SMILES string of the molecule is CC(C)CN(CC(C)C)c1cc(NN)nc(N)n1. The minimum atomic E-state index is 0.234. The third-order valence-corrected chi connectivity index (χ3v) is 2.37. The Labute approximate surface area is 109 Å². The van der Waals surface area contributed by atoms with Gasteiger partial charge in [0, 0.05) is 19.2 Å². The van der Waals surface area contributed by atoms with E-state index in [1.54, 1.807) is 0 Å². The van der Waals surface area contributed by atoms with Gasteiger partial charge in [0.15, 0.2) is 0 Å². The van der Waals surface area contributed by atoms with Gasteiger partial charge in [-0.05, 0) is 11.8 Å². The van der Waals surface area contributed by atoms with Crippen LogP contribution in [-0.2, 0) is 0 Å². The van der Waals surface area contributed by atoms with E-state index in [9.17, 15) is 0 Å². The van der Waals surface area contributed by atoms with Crippen LogP contribution in [0.1, 0.15) is 27.7 Å². The minimum absolute atomic E-state index is 0.234. The van der Waals surface area contributed by atoms with E-state index >= 15 is 0 Å². The van der Waals surface area contributed by atoms with Crippen LogP contribution in [0.2, 0.25) is 0 Å². The first-order valence-corrected chi connectivity index (χ1v) is 6.28. The van der Waals surface area contributed by atoms with Crippen LogP contribution in [0, 0.1) is 11.8 Å². The first kappa shape index (κ1) is 14.5. The molecule has 0 saturated heterocycles. The van der Waals surface area contributed by atoms with Gasteiger partial charge in [-0.25, -0.2) is 5.84 Å². The molecule has 0 amide bonds. The third-order valence-electron chi connectivity index (χ3n) is 2.37. The van der Waals surface area contributed by atoms with Crippen LogP contribution in [0.3, 0.4) is 0 Å². The molecule has 1 aromatic rings. The molecule has 6 heteroatoms. The minimum Gasteiger partial charge on any atom is -0.368 e. The molecule has 6 nitrogen and oxygen atoms in total. The molecular formula is C12H24N6. The lowest BCUT2D eigenvalue weighted by Crippen LogP contribution is -2.32. The highest BCUT2D eigenvalue weighted by atomic mass is 15.3. The second-order valence-corrected chi connectivity index (χ2v) is 5.31. The molecule has 0 fully saturated rings. The van der Waals surface area contributed by atoms with E-state index in [2.05, 4.69) is 48.0 Å². The van der Waals surface area contributed by atoms with Crippen LogP contribution in [0.15, 0.2) is 6.07 Å². The van der Waals surface area contributed by atoms with Crippen molar-refractivity contribution in [2.24, 2.45) is 17.7 Å². The molecule has 1 rings (SSSR count). The highest BCUT2D eigenvalue weighted by Crippen LogP contribution is 2.19. The van der Waals surface area contributed by atoms with Gasteiger partial charge in [0.05, 0.1) is 0 Å². The average Bonchev–Trinajstić information content (AvgIpc) is 2.26. The smallest absolute Gasteiger partial charge is 0.223 e. The van der Waals surface area contributed by atoms with Gasteiger partial charge < -0.3 is 16.1 Å². The van der Waals surface area contributed by atoms with Crippen molar-refractivity contribution in [3.05, 3.63) is 6.07 Å². The molecule has 102 valence electrons. The summed E-state index contributed by atoms with van der Waals surface area (Å²) in [5.41, 5.74) is 8.20. The summed E-state index contributed by atoms with van der Waals surface area (Å²) in [6, 6.07) is 1.82. The Morgan fingerprint density at radius 2 is 1.72 bits per heavy atom. The van der Waals surface area contributed by atoms with Gasteiger partial charge in [0.2, 0.25) is 5.95 Å². The maximum atomic E-state index is 5.69. The Balaban J connectivity index is 2.99. The predicted molar refractivity (Wildman–Crippen MR) is 76.1 cm³/mol. The number of nitrogens with two attached hydrogens (primary N) is 2. The zero-order valence-electron chi connectivity index (χ0n) is 11.6.